The Balaban J connectivity index is 2.11. The van der Waals surface area contributed by atoms with Crippen LogP contribution in [-0.4, -0.2) is 50.0 Å². The minimum atomic E-state index is -3.85. The molecule has 3 rings (SSSR count). The third-order valence-electron chi connectivity index (χ3n) is 7.13. The first-order chi connectivity index (χ1) is 19.3. The molecule has 0 aromatic heterocycles. The lowest BCUT2D eigenvalue weighted by Crippen LogP contribution is -2.54. The molecule has 0 aliphatic carbocycles. The van der Waals surface area contributed by atoms with Crippen molar-refractivity contribution >= 4 is 50.7 Å². The number of halogens is 2. The van der Waals surface area contributed by atoms with Crippen LogP contribution in [0.1, 0.15) is 42.5 Å². The Kier molecular flexibility index (Phi) is 11.2. The average molecular weight is 619 g/mol. The second-order valence-corrected chi connectivity index (χ2v) is 13.0. The lowest BCUT2D eigenvalue weighted by Gasteiger charge is -2.34. The summed E-state index contributed by atoms with van der Waals surface area (Å²) in [6.45, 7) is 7.10. The Hall–Kier alpha value is -3.07. The van der Waals surface area contributed by atoms with E-state index in [-0.39, 0.29) is 24.9 Å². The highest BCUT2D eigenvalue weighted by atomic mass is 35.5. The zero-order valence-corrected chi connectivity index (χ0v) is 26.4. The number of rotatable bonds is 12. The van der Waals surface area contributed by atoms with Gasteiger partial charge in [0.15, 0.2) is 0 Å². The maximum Gasteiger partial charge on any atom is 0.244 e. The van der Waals surface area contributed by atoms with E-state index in [9.17, 15) is 18.0 Å². The summed E-state index contributed by atoms with van der Waals surface area (Å²) in [7, 11) is -3.85. The van der Waals surface area contributed by atoms with Crippen molar-refractivity contribution in [3.8, 4) is 0 Å². The summed E-state index contributed by atoms with van der Waals surface area (Å²) < 4.78 is 27.1. The van der Waals surface area contributed by atoms with E-state index in [0.717, 1.165) is 27.3 Å². The summed E-state index contributed by atoms with van der Waals surface area (Å²) in [5.74, 6) is -0.850. The molecular weight excluding hydrogens is 581 g/mol. The van der Waals surface area contributed by atoms with E-state index in [1.165, 1.54) is 4.90 Å². The van der Waals surface area contributed by atoms with Crippen molar-refractivity contribution in [3.05, 3.63) is 99.0 Å². The number of aryl methyl sites for hydroxylation is 1. The third-order valence-corrected chi connectivity index (χ3v) is 9.00. The van der Waals surface area contributed by atoms with Crippen LogP contribution in [0.25, 0.3) is 0 Å². The Morgan fingerprint density at radius 1 is 0.927 bits per heavy atom. The van der Waals surface area contributed by atoms with Gasteiger partial charge in [-0.15, -0.1) is 0 Å². The fourth-order valence-corrected chi connectivity index (χ4v) is 5.65. The number of carbonyl (C=O) groups excluding carboxylic acids is 2. The van der Waals surface area contributed by atoms with Crippen LogP contribution in [0.3, 0.4) is 0 Å². The van der Waals surface area contributed by atoms with Crippen molar-refractivity contribution in [3.63, 3.8) is 0 Å². The van der Waals surface area contributed by atoms with Crippen LogP contribution in [0.4, 0.5) is 5.69 Å². The van der Waals surface area contributed by atoms with Crippen molar-refractivity contribution in [1.29, 1.82) is 0 Å². The SMILES string of the molecule is CC[C@@H](C)NC(=O)[C@H](Cc1ccccc1)N(Cc1ccc(Cl)c(Cl)c1)C(=O)CN(c1cccc(C)c1C)S(C)(=O)=O. The van der Waals surface area contributed by atoms with Crippen LogP contribution >= 0.6 is 23.2 Å². The number of nitrogens with one attached hydrogen (secondary N) is 1. The Morgan fingerprint density at radius 2 is 1.61 bits per heavy atom. The first-order valence-corrected chi connectivity index (χ1v) is 16.0. The number of carbonyl (C=O) groups is 2. The van der Waals surface area contributed by atoms with Gasteiger partial charge in [0.2, 0.25) is 21.8 Å². The van der Waals surface area contributed by atoms with Crippen molar-refractivity contribution in [1.82, 2.24) is 10.2 Å². The van der Waals surface area contributed by atoms with Gasteiger partial charge in [-0.25, -0.2) is 8.42 Å². The maximum atomic E-state index is 14.2. The zero-order chi connectivity index (χ0) is 30.3. The molecule has 0 bridgehead atoms. The lowest BCUT2D eigenvalue weighted by atomic mass is 10.0. The largest absolute Gasteiger partial charge is 0.352 e. The van der Waals surface area contributed by atoms with Gasteiger partial charge in [0.25, 0.3) is 0 Å². The van der Waals surface area contributed by atoms with Crippen molar-refractivity contribution < 1.29 is 18.0 Å². The van der Waals surface area contributed by atoms with Crippen LogP contribution in [0, 0.1) is 13.8 Å². The van der Waals surface area contributed by atoms with Crippen LogP contribution in [0.5, 0.6) is 0 Å². The molecule has 0 saturated heterocycles. The van der Waals surface area contributed by atoms with Crippen LogP contribution in [0.15, 0.2) is 66.7 Å². The molecule has 0 radical (unpaired) electrons. The zero-order valence-electron chi connectivity index (χ0n) is 24.0. The van der Waals surface area contributed by atoms with E-state index < -0.39 is 28.5 Å². The molecular formula is C31H37Cl2N3O4S. The summed E-state index contributed by atoms with van der Waals surface area (Å²) in [5, 5.41) is 3.69. The van der Waals surface area contributed by atoms with Gasteiger partial charge in [-0.1, -0.05) is 78.7 Å². The number of nitrogens with zero attached hydrogens (tertiary/aromatic N) is 2. The molecule has 0 spiro atoms. The van der Waals surface area contributed by atoms with Crippen molar-refractivity contribution in [2.75, 3.05) is 17.1 Å². The number of hydrogen-bond donors (Lipinski definition) is 1. The molecule has 3 aromatic rings. The van der Waals surface area contributed by atoms with Crippen LogP contribution in [-0.2, 0) is 32.6 Å². The average Bonchev–Trinajstić information content (AvgIpc) is 2.92. The molecule has 1 N–H and O–H groups in total. The molecule has 0 aliphatic rings. The number of sulfonamides is 1. The minimum absolute atomic E-state index is 0.0194. The second-order valence-electron chi connectivity index (χ2n) is 10.3. The topological polar surface area (TPSA) is 86.8 Å². The smallest absolute Gasteiger partial charge is 0.244 e. The molecule has 2 amide bonds. The van der Waals surface area contributed by atoms with Gasteiger partial charge in [0, 0.05) is 19.0 Å². The number of anilines is 1. The minimum Gasteiger partial charge on any atom is -0.352 e. The normalized spacial score (nSPS) is 12.9. The van der Waals surface area contributed by atoms with Gasteiger partial charge in [-0.3, -0.25) is 13.9 Å². The summed E-state index contributed by atoms with van der Waals surface area (Å²) in [4.78, 5) is 29.4. The van der Waals surface area contributed by atoms with E-state index in [4.69, 9.17) is 23.2 Å². The quantitative estimate of drug-likeness (QED) is 0.273. The standard InChI is InChI=1S/C31H37Cl2N3O4S/c1-6-22(3)34-31(38)29(18-24-12-8-7-9-13-24)35(19-25-15-16-26(32)27(33)17-25)30(37)20-36(41(5,39)40)28-14-10-11-21(2)23(28)4/h7-17,22,29H,6,18-20H2,1-5H3,(H,34,38)/t22-,29+/m1/s1. The second kappa shape index (κ2) is 14.2. The highest BCUT2D eigenvalue weighted by molar-refractivity contribution is 7.92. The first kappa shape index (κ1) is 32.4. The van der Waals surface area contributed by atoms with E-state index >= 15 is 0 Å². The molecule has 0 aliphatic heterocycles. The van der Waals surface area contributed by atoms with E-state index in [1.54, 1.807) is 30.3 Å². The molecule has 10 heteroatoms. The van der Waals surface area contributed by atoms with Crippen LogP contribution < -0.4 is 9.62 Å². The Labute approximate surface area is 253 Å². The molecule has 0 unspecified atom stereocenters. The molecule has 2 atom stereocenters. The van der Waals surface area contributed by atoms with Gasteiger partial charge in [-0.2, -0.15) is 0 Å². The summed E-state index contributed by atoms with van der Waals surface area (Å²) in [6, 6.07) is 18.7. The summed E-state index contributed by atoms with van der Waals surface area (Å²) in [5.41, 5.74) is 3.57. The monoisotopic (exact) mass is 617 g/mol. The molecule has 7 nitrogen and oxygen atoms in total. The van der Waals surface area contributed by atoms with E-state index in [1.807, 2.05) is 64.1 Å². The van der Waals surface area contributed by atoms with E-state index in [0.29, 0.717) is 27.7 Å². The van der Waals surface area contributed by atoms with Crippen molar-refractivity contribution in [2.45, 2.75) is 59.2 Å². The van der Waals surface area contributed by atoms with Crippen molar-refractivity contribution in [2.24, 2.45) is 0 Å². The summed E-state index contributed by atoms with van der Waals surface area (Å²) >= 11 is 12.4. The molecule has 41 heavy (non-hydrogen) atoms. The fourth-order valence-electron chi connectivity index (χ4n) is 4.43. The van der Waals surface area contributed by atoms with E-state index in [2.05, 4.69) is 5.32 Å². The molecule has 3 aromatic carbocycles. The number of amides is 2. The molecule has 0 fully saturated rings. The van der Waals surface area contributed by atoms with Gasteiger partial charge in [-0.05, 0) is 67.6 Å². The first-order valence-electron chi connectivity index (χ1n) is 13.4. The third kappa shape index (κ3) is 8.71. The number of benzene rings is 3. The summed E-state index contributed by atoms with van der Waals surface area (Å²) in [6.07, 6.45) is 2.01. The molecule has 0 saturated carbocycles. The Morgan fingerprint density at radius 3 is 2.22 bits per heavy atom. The predicted molar refractivity (Wildman–Crippen MR) is 167 cm³/mol. The molecule has 0 heterocycles. The van der Waals surface area contributed by atoms with Crippen LogP contribution in [0.2, 0.25) is 10.0 Å². The highest BCUT2D eigenvalue weighted by Gasteiger charge is 2.34. The van der Waals surface area contributed by atoms with Gasteiger partial charge >= 0.3 is 0 Å². The highest BCUT2D eigenvalue weighted by Crippen LogP contribution is 2.27. The van der Waals surface area contributed by atoms with Gasteiger partial charge < -0.3 is 10.2 Å². The predicted octanol–water partition coefficient (Wildman–Crippen LogP) is 5.93. The van der Waals surface area contributed by atoms with Gasteiger partial charge in [0.1, 0.15) is 12.6 Å². The lowest BCUT2D eigenvalue weighted by molar-refractivity contribution is -0.140. The van der Waals surface area contributed by atoms with Gasteiger partial charge in [0.05, 0.1) is 22.0 Å². The number of hydrogen-bond acceptors (Lipinski definition) is 4. The fraction of sp³-hybridized carbons (Fsp3) is 0.355. The maximum absolute atomic E-state index is 14.2. The Bertz CT molecular complexity index is 1480. The molecule has 220 valence electrons.